The second kappa shape index (κ2) is 11.3. The van der Waals surface area contributed by atoms with E-state index in [1.807, 2.05) is 18.7 Å². The fourth-order valence-electron chi connectivity index (χ4n) is 3.88. The van der Waals surface area contributed by atoms with Crippen LogP contribution in [0.3, 0.4) is 0 Å². The number of nitrogens with zero attached hydrogens (tertiary/aromatic N) is 2. The van der Waals surface area contributed by atoms with Crippen LogP contribution in [0.15, 0.2) is 42.5 Å². The number of carbonyl (C=O) groups is 2. The number of benzene rings is 2. The topological polar surface area (TPSA) is 61.9 Å². The van der Waals surface area contributed by atoms with Crippen molar-refractivity contribution in [2.45, 2.75) is 33.4 Å². The van der Waals surface area contributed by atoms with E-state index in [9.17, 15) is 14.0 Å². The van der Waals surface area contributed by atoms with Gasteiger partial charge in [-0.3, -0.25) is 14.5 Å². The molecule has 1 heterocycles. The first kappa shape index (κ1) is 24.7. The van der Waals surface area contributed by atoms with Crippen molar-refractivity contribution in [2.75, 3.05) is 31.6 Å². The maximum absolute atomic E-state index is 13.1. The van der Waals surface area contributed by atoms with Gasteiger partial charge < -0.3 is 15.0 Å². The average molecular weight is 474 g/mol. The van der Waals surface area contributed by atoms with Gasteiger partial charge in [-0.2, -0.15) is 0 Å². The molecule has 1 N–H and O–H groups in total. The molecule has 1 aliphatic rings. The summed E-state index contributed by atoms with van der Waals surface area (Å²) in [6.45, 7) is 8.49. The first-order valence-electron chi connectivity index (χ1n) is 11.0. The highest BCUT2D eigenvalue weighted by Crippen LogP contribution is 2.32. The van der Waals surface area contributed by atoms with Crippen molar-refractivity contribution in [3.05, 3.63) is 64.4 Å². The van der Waals surface area contributed by atoms with Gasteiger partial charge in [-0.1, -0.05) is 23.7 Å². The second-order valence-corrected chi connectivity index (χ2v) is 8.47. The van der Waals surface area contributed by atoms with Crippen molar-refractivity contribution >= 4 is 35.2 Å². The number of amides is 2. The molecule has 8 heteroatoms. The van der Waals surface area contributed by atoms with Gasteiger partial charge in [0.25, 0.3) is 0 Å². The van der Waals surface area contributed by atoms with E-state index < -0.39 is 0 Å². The maximum atomic E-state index is 13.1. The molecule has 1 saturated heterocycles. The van der Waals surface area contributed by atoms with Gasteiger partial charge in [-0.05, 0) is 49.8 Å². The molecule has 0 radical (unpaired) electrons. The zero-order chi connectivity index (χ0) is 24.0. The van der Waals surface area contributed by atoms with Gasteiger partial charge in [0.15, 0.2) is 0 Å². The van der Waals surface area contributed by atoms with E-state index >= 15 is 0 Å². The first-order valence-corrected chi connectivity index (χ1v) is 11.3. The molecule has 0 aromatic heterocycles. The number of carbonyl (C=O) groups excluding carboxylic acids is 2. The number of nitrogens with one attached hydrogen (secondary N) is 1. The van der Waals surface area contributed by atoms with Gasteiger partial charge in [0.05, 0.1) is 11.6 Å². The third-order valence-corrected chi connectivity index (χ3v) is 5.73. The third-order valence-electron chi connectivity index (χ3n) is 5.43. The number of rotatable bonds is 7. The molecule has 3 rings (SSSR count). The van der Waals surface area contributed by atoms with E-state index in [4.69, 9.17) is 16.3 Å². The smallest absolute Gasteiger partial charge is 0.246 e. The molecule has 2 amide bonds. The SMILES string of the molecule is CCOc1cc(C=CC(=O)N2CCN(Cc3ccc(F)cc3)CC2C)c(NC(C)=O)cc1Cl. The molecule has 0 spiro atoms. The van der Waals surface area contributed by atoms with Crippen molar-refractivity contribution < 1.29 is 18.7 Å². The van der Waals surface area contributed by atoms with E-state index in [0.717, 1.165) is 18.7 Å². The highest BCUT2D eigenvalue weighted by atomic mass is 35.5. The molecule has 0 saturated carbocycles. The second-order valence-electron chi connectivity index (χ2n) is 8.06. The molecule has 1 aliphatic heterocycles. The summed E-state index contributed by atoms with van der Waals surface area (Å²) < 4.78 is 18.7. The lowest BCUT2D eigenvalue weighted by atomic mass is 10.1. The van der Waals surface area contributed by atoms with E-state index in [2.05, 4.69) is 10.2 Å². The highest BCUT2D eigenvalue weighted by Gasteiger charge is 2.26. The Morgan fingerprint density at radius 2 is 1.97 bits per heavy atom. The Labute approximate surface area is 199 Å². The van der Waals surface area contributed by atoms with Crippen molar-refractivity contribution in [1.29, 1.82) is 0 Å². The molecule has 0 aliphatic carbocycles. The lowest BCUT2D eigenvalue weighted by Gasteiger charge is -2.39. The van der Waals surface area contributed by atoms with Crippen molar-refractivity contribution in [3.63, 3.8) is 0 Å². The van der Waals surface area contributed by atoms with Crippen LogP contribution in [-0.4, -0.2) is 53.9 Å². The Morgan fingerprint density at radius 1 is 1.24 bits per heavy atom. The van der Waals surface area contributed by atoms with Crippen molar-refractivity contribution in [3.8, 4) is 5.75 Å². The van der Waals surface area contributed by atoms with E-state index in [1.165, 1.54) is 25.1 Å². The predicted molar refractivity (Wildman–Crippen MR) is 129 cm³/mol. The summed E-state index contributed by atoms with van der Waals surface area (Å²) in [5.41, 5.74) is 2.19. The van der Waals surface area contributed by atoms with Crippen LogP contribution in [0.4, 0.5) is 10.1 Å². The molecule has 1 fully saturated rings. The molecular weight excluding hydrogens is 445 g/mol. The van der Waals surface area contributed by atoms with Crippen LogP contribution < -0.4 is 10.1 Å². The fraction of sp³-hybridized carbons (Fsp3) is 0.360. The number of hydrogen-bond donors (Lipinski definition) is 1. The van der Waals surface area contributed by atoms with Crippen LogP contribution in [0.5, 0.6) is 5.75 Å². The van der Waals surface area contributed by atoms with Gasteiger partial charge >= 0.3 is 0 Å². The molecule has 0 bridgehead atoms. The monoisotopic (exact) mass is 473 g/mol. The zero-order valence-corrected chi connectivity index (χ0v) is 19.9. The van der Waals surface area contributed by atoms with E-state index in [1.54, 1.807) is 30.3 Å². The maximum Gasteiger partial charge on any atom is 0.246 e. The van der Waals surface area contributed by atoms with Crippen molar-refractivity contribution in [2.24, 2.45) is 0 Å². The predicted octanol–water partition coefficient (Wildman–Crippen LogP) is 4.58. The Hall–Kier alpha value is -2.90. The number of ether oxygens (including phenoxy) is 1. The third kappa shape index (κ3) is 6.79. The normalized spacial score (nSPS) is 16.8. The minimum Gasteiger partial charge on any atom is -0.492 e. The molecule has 1 unspecified atom stereocenters. The summed E-state index contributed by atoms with van der Waals surface area (Å²) in [4.78, 5) is 28.6. The highest BCUT2D eigenvalue weighted by molar-refractivity contribution is 6.32. The Bertz CT molecular complexity index is 1030. The standard InChI is InChI=1S/C25H29ClFN3O3/c1-4-33-24-13-20(23(14-22(24)26)28-18(3)31)7-10-25(32)30-12-11-29(15-17(30)2)16-19-5-8-21(27)9-6-19/h5-10,13-14,17H,4,11-12,15-16H2,1-3H3,(H,28,31). The summed E-state index contributed by atoms with van der Waals surface area (Å²) in [5, 5.41) is 3.13. The number of hydrogen-bond acceptors (Lipinski definition) is 4. The van der Waals surface area contributed by atoms with Crippen LogP contribution in [0.2, 0.25) is 5.02 Å². The fourth-order valence-corrected chi connectivity index (χ4v) is 4.10. The molecular formula is C25H29ClFN3O3. The minimum absolute atomic E-state index is 0.0235. The largest absolute Gasteiger partial charge is 0.492 e. The number of halogens is 2. The Kier molecular flexibility index (Phi) is 8.47. The van der Waals surface area contributed by atoms with E-state index in [0.29, 0.717) is 41.7 Å². The molecule has 1 atom stereocenters. The van der Waals surface area contributed by atoms with E-state index in [-0.39, 0.29) is 23.7 Å². The van der Waals surface area contributed by atoms with Gasteiger partial charge in [0.1, 0.15) is 11.6 Å². The minimum atomic E-state index is -0.245. The molecule has 176 valence electrons. The van der Waals surface area contributed by atoms with Gasteiger partial charge in [-0.15, -0.1) is 0 Å². The average Bonchev–Trinajstić information content (AvgIpc) is 2.76. The lowest BCUT2D eigenvalue weighted by Crippen LogP contribution is -2.53. The molecule has 6 nitrogen and oxygen atoms in total. The number of anilines is 1. The number of piperazine rings is 1. The summed E-state index contributed by atoms with van der Waals surface area (Å²) in [6, 6.07) is 9.86. The van der Waals surface area contributed by atoms with Crippen molar-refractivity contribution in [1.82, 2.24) is 9.80 Å². The zero-order valence-electron chi connectivity index (χ0n) is 19.1. The van der Waals surface area contributed by atoms with Gasteiger partial charge in [-0.25, -0.2) is 4.39 Å². The Morgan fingerprint density at radius 3 is 2.61 bits per heavy atom. The molecule has 2 aromatic rings. The van der Waals surface area contributed by atoms with Crippen LogP contribution in [0.25, 0.3) is 6.08 Å². The summed E-state index contributed by atoms with van der Waals surface area (Å²) in [7, 11) is 0. The summed E-state index contributed by atoms with van der Waals surface area (Å²) in [5.74, 6) is -0.0964. The van der Waals surface area contributed by atoms with Gasteiger partial charge in [0, 0.05) is 56.5 Å². The molecule has 33 heavy (non-hydrogen) atoms. The van der Waals surface area contributed by atoms with Crippen LogP contribution in [0.1, 0.15) is 31.9 Å². The lowest BCUT2D eigenvalue weighted by molar-refractivity contribution is -0.130. The summed E-state index contributed by atoms with van der Waals surface area (Å²) in [6.07, 6.45) is 3.18. The van der Waals surface area contributed by atoms with Crippen LogP contribution in [-0.2, 0) is 16.1 Å². The van der Waals surface area contributed by atoms with Gasteiger partial charge in [0.2, 0.25) is 11.8 Å². The van der Waals surface area contributed by atoms with Crippen LogP contribution in [0, 0.1) is 5.82 Å². The molecule has 2 aromatic carbocycles. The quantitative estimate of drug-likeness (QED) is 0.598. The Balaban J connectivity index is 1.68. The summed E-state index contributed by atoms with van der Waals surface area (Å²) >= 11 is 6.25. The first-order chi connectivity index (χ1) is 15.8. The van der Waals surface area contributed by atoms with Crippen LogP contribution >= 0.6 is 11.6 Å².